The molecule has 4 aromatic carbocycles. The van der Waals surface area contributed by atoms with Crippen molar-refractivity contribution in [3.05, 3.63) is 149 Å². The number of carbonyl (C=O) groups excluding carboxylic acids is 2. The molecule has 0 radical (unpaired) electrons. The van der Waals surface area contributed by atoms with Gasteiger partial charge < -0.3 is 9.47 Å². The Morgan fingerprint density at radius 1 is 0.718 bits per heavy atom. The summed E-state index contributed by atoms with van der Waals surface area (Å²) in [5.74, 6) is -0.267. The van der Waals surface area contributed by atoms with E-state index in [0.717, 1.165) is 11.3 Å². The Morgan fingerprint density at radius 2 is 1.23 bits per heavy atom. The van der Waals surface area contributed by atoms with E-state index in [1.807, 2.05) is 114 Å². The summed E-state index contributed by atoms with van der Waals surface area (Å²) >= 11 is 0. The average Bonchev–Trinajstić information content (AvgIpc) is 3.56. The molecule has 190 valence electrons. The molecule has 0 unspecified atom stereocenters. The number of ether oxygens (including phenoxy) is 2. The second kappa shape index (κ2) is 10.1. The summed E-state index contributed by atoms with van der Waals surface area (Å²) in [6.45, 7) is 0. The number of anilines is 2. The van der Waals surface area contributed by atoms with Crippen LogP contribution < -0.4 is 9.91 Å². The second-order valence-corrected chi connectivity index (χ2v) is 8.76. The lowest BCUT2D eigenvalue weighted by molar-refractivity contribution is -0.136. The minimum atomic E-state index is -0.684. The molecule has 2 heterocycles. The maximum Gasteiger partial charge on any atom is 0.348 e. The zero-order chi connectivity index (χ0) is 26.8. The predicted molar refractivity (Wildman–Crippen MR) is 149 cm³/mol. The van der Waals surface area contributed by atoms with Gasteiger partial charge in [0.15, 0.2) is 17.4 Å². The minimum Gasteiger partial charge on any atom is -0.465 e. The summed E-state index contributed by atoms with van der Waals surface area (Å²) < 4.78 is 11.0. The maximum absolute atomic E-state index is 13.7. The third-order valence-corrected chi connectivity index (χ3v) is 6.39. The number of carbonyl (C=O) groups is 2. The van der Waals surface area contributed by atoms with Crippen LogP contribution in [0.5, 0.6) is 0 Å². The van der Waals surface area contributed by atoms with Gasteiger partial charge in [-0.15, -0.1) is 5.10 Å². The van der Waals surface area contributed by atoms with Crippen molar-refractivity contribution in [2.24, 2.45) is 5.10 Å². The third kappa shape index (κ3) is 4.26. The second-order valence-electron chi connectivity index (χ2n) is 8.76. The zero-order valence-corrected chi connectivity index (χ0v) is 21.0. The number of hydrazone groups is 1. The fourth-order valence-corrected chi connectivity index (χ4v) is 4.65. The first kappa shape index (κ1) is 23.9. The number of rotatable bonds is 5. The summed E-state index contributed by atoms with van der Waals surface area (Å²) in [5, 5.41) is 6.67. The highest BCUT2D eigenvalue weighted by atomic mass is 16.6. The molecule has 0 fully saturated rings. The fraction of sp³-hybridized carbons (Fsp3) is 0.0312. The summed E-state index contributed by atoms with van der Waals surface area (Å²) in [6, 6.07) is 37.8. The van der Waals surface area contributed by atoms with E-state index < -0.39 is 11.9 Å². The highest BCUT2D eigenvalue weighted by Crippen LogP contribution is 2.42. The van der Waals surface area contributed by atoms with Gasteiger partial charge in [-0.25, -0.2) is 14.6 Å². The van der Waals surface area contributed by atoms with Crippen molar-refractivity contribution in [1.82, 2.24) is 0 Å². The van der Waals surface area contributed by atoms with Gasteiger partial charge in [-0.05, 0) is 24.3 Å². The first-order chi connectivity index (χ1) is 19.2. The number of cyclic esters (lactones) is 1. The number of hydrogen-bond donors (Lipinski definition) is 0. The van der Waals surface area contributed by atoms with Crippen molar-refractivity contribution >= 4 is 34.9 Å². The molecule has 0 N–H and O–H groups in total. The summed E-state index contributed by atoms with van der Waals surface area (Å²) in [5.41, 5.74) is 2.97. The quantitative estimate of drug-likeness (QED) is 0.251. The smallest absolute Gasteiger partial charge is 0.348 e. The van der Waals surface area contributed by atoms with E-state index in [0.29, 0.717) is 22.9 Å². The first-order valence-corrected chi connectivity index (χ1v) is 12.4. The van der Waals surface area contributed by atoms with Crippen LogP contribution >= 0.6 is 0 Å². The van der Waals surface area contributed by atoms with E-state index in [4.69, 9.17) is 14.6 Å². The highest BCUT2D eigenvalue weighted by molar-refractivity contribution is 6.21. The van der Waals surface area contributed by atoms with E-state index >= 15 is 0 Å². The van der Waals surface area contributed by atoms with Gasteiger partial charge in [0, 0.05) is 16.8 Å². The molecule has 0 aromatic heterocycles. The Morgan fingerprint density at radius 3 is 1.79 bits per heavy atom. The number of para-hydroxylation sites is 2. The van der Waals surface area contributed by atoms with Crippen molar-refractivity contribution in [1.29, 1.82) is 0 Å². The lowest BCUT2D eigenvalue weighted by Crippen LogP contribution is -2.32. The highest BCUT2D eigenvalue weighted by Gasteiger charge is 2.45. The van der Waals surface area contributed by atoms with Gasteiger partial charge in [0.05, 0.1) is 12.8 Å². The SMILES string of the molecule is COC(=O)C1=C(c2ccccc2)OC(=O)/C1=C1\N(c2ccccc2)N=C(c2ccccc2)N1c1ccccc1. The minimum absolute atomic E-state index is 0.0371. The van der Waals surface area contributed by atoms with E-state index in [2.05, 4.69) is 0 Å². The van der Waals surface area contributed by atoms with Crippen LogP contribution in [0.3, 0.4) is 0 Å². The van der Waals surface area contributed by atoms with Crippen LogP contribution in [0.15, 0.2) is 143 Å². The maximum atomic E-state index is 13.7. The number of methoxy groups -OCH3 is 1. The molecule has 2 aliphatic heterocycles. The van der Waals surface area contributed by atoms with Crippen LogP contribution in [-0.2, 0) is 19.1 Å². The molecule has 39 heavy (non-hydrogen) atoms. The van der Waals surface area contributed by atoms with Crippen LogP contribution in [0.2, 0.25) is 0 Å². The molecule has 0 spiro atoms. The predicted octanol–water partition coefficient (Wildman–Crippen LogP) is 5.73. The molecule has 2 aliphatic rings. The number of nitrogens with zero attached hydrogens (tertiary/aromatic N) is 3. The number of amidine groups is 1. The van der Waals surface area contributed by atoms with Gasteiger partial charge in [0.25, 0.3) is 0 Å². The van der Waals surface area contributed by atoms with Gasteiger partial charge in [0.2, 0.25) is 0 Å². The zero-order valence-electron chi connectivity index (χ0n) is 21.0. The van der Waals surface area contributed by atoms with Crippen LogP contribution in [0.1, 0.15) is 11.1 Å². The number of benzene rings is 4. The van der Waals surface area contributed by atoms with Crippen molar-refractivity contribution in [3.8, 4) is 0 Å². The molecule has 0 aliphatic carbocycles. The Hall–Kier alpha value is -5.43. The standard InChI is InChI=1S/C32H23N3O4/c1-38-31(36)26-27(32(37)39-28(26)22-14-6-2-7-15-22)30-34(24-18-10-4-11-19-24)29(23-16-8-3-9-17-23)33-35(30)25-20-12-5-13-21-25/h2-21H,1H3/b30-27-. The van der Waals surface area contributed by atoms with Crippen LogP contribution in [0.4, 0.5) is 11.4 Å². The Labute approximate surface area is 225 Å². The molecular formula is C32H23N3O4. The van der Waals surface area contributed by atoms with Crippen molar-refractivity contribution in [2.75, 3.05) is 17.0 Å². The van der Waals surface area contributed by atoms with E-state index in [9.17, 15) is 9.59 Å². The molecule has 6 rings (SSSR count). The lowest BCUT2D eigenvalue weighted by Gasteiger charge is -2.26. The van der Waals surface area contributed by atoms with Gasteiger partial charge in [-0.2, -0.15) is 0 Å². The van der Waals surface area contributed by atoms with Gasteiger partial charge in [-0.1, -0.05) is 97.1 Å². The molecule has 7 nitrogen and oxygen atoms in total. The van der Waals surface area contributed by atoms with Crippen LogP contribution in [0, 0.1) is 0 Å². The molecule has 0 saturated heterocycles. The number of hydrogen-bond acceptors (Lipinski definition) is 7. The monoisotopic (exact) mass is 513 g/mol. The Kier molecular flexibility index (Phi) is 6.23. The van der Waals surface area contributed by atoms with Crippen molar-refractivity contribution < 1.29 is 19.1 Å². The topological polar surface area (TPSA) is 71.4 Å². The van der Waals surface area contributed by atoms with Gasteiger partial charge in [-0.3, -0.25) is 4.90 Å². The number of esters is 2. The first-order valence-electron chi connectivity index (χ1n) is 12.4. The lowest BCUT2D eigenvalue weighted by atomic mass is 10.0. The summed E-state index contributed by atoms with van der Waals surface area (Å²) in [4.78, 5) is 28.9. The molecule has 0 amide bonds. The average molecular weight is 514 g/mol. The Bertz CT molecular complexity index is 1630. The Balaban J connectivity index is 1.69. The molecule has 7 heteroatoms. The van der Waals surface area contributed by atoms with E-state index in [-0.39, 0.29) is 16.9 Å². The molecule has 0 saturated carbocycles. The largest absolute Gasteiger partial charge is 0.465 e. The molecular weight excluding hydrogens is 490 g/mol. The molecule has 4 aromatic rings. The van der Waals surface area contributed by atoms with Gasteiger partial charge >= 0.3 is 11.9 Å². The molecule has 0 atom stereocenters. The van der Waals surface area contributed by atoms with E-state index in [1.54, 1.807) is 17.1 Å². The normalized spacial score (nSPS) is 16.8. The van der Waals surface area contributed by atoms with Crippen molar-refractivity contribution in [3.63, 3.8) is 0 Å². The van der Waals surface area contributed by atoms with Crippen LogP contribution in [0.25, 0.3) is 5.76 Å². The molecule has 0 bridgehead atoms. The fourth-order valence-electron chi connectivity index (χ4n) is 4.65. The van der Waals surface area contributed by atoms with E-state index in [1.165, 1.54) is 7.11 Å². The third-order valence-electron chi connectivity index (χ3n) is 6.39. The summed E-state index contributed by atoms with van der Waals surface area (Å²) in [7, 11) is 1.29. The van der Waals surface area contributed by atoms with Gasteiger partial charge in [0.1, 0.15) is 11.1 Å². The van der Waals surface area contributed by atoms with Crippen molar-refractivity contribution in [2.45, 2.75) is 0 Å². The van der Waals surface area contributed by atoms with Crippen LogP contribution in [-0.4, -0.2) is 24.9 Å². The summed E-state index contributed by atoms with van der Waals surface area (Å²) in [6.07, 6.45) is 0.